The van der Waals surface area contributed by atoms with Crippen LogP contribution in [0.25, 0.3) is 0 Å². The fourth-order valence-electron chi connectivity index (χ4n) is 2.37. The van der Waals surface area contributed by atoms with Crippen LogP contribution < -0.4 is 14.8 Å². The van der Waals surface area contributed by atoms with Crippen molar-refractivity contribution in [3.8, 4) is 17.4 Å². The van der Waals surface area contributed by atoms with E-state index in [0.717, 1.165) is 0 Å². The normalized spacial score (nSPS) is 10.6. The van der Waals surface area contributed by atoms with Crippen LogP contribution in [-0.4, -0.2) is 17.5 Å². The largest absolute Gasteiger partial charge is 0.439 e. The molecule has 2 aromatic carbocycles. The molecule has 0 spiro atoms. The van der Waals surface area contributed by atoms with Gasteiger partial charge >= 0.3 is 6.61 Å². The topological polar surface area (TPSA) is 60.5 Å². The number of hydrogen-bond donors (Lipinski definition) is 1. The number of halogens is 3. The van der Waals surface area contributed by atoms with E-state index >= 15 is 0 Å². The van der Waals surface area contributed by atoms with Crippen LogP contribution in [0.15, 0.2) is 66.9 Å². The molecule has 28 heavy (non-hydrogen) atoms. The molecule has 144 valence electrons. The van der Waals surface area contributed by atoms with Gasteiger partial charge in [0.15, 0.2) is 0 Å². The Morgan fingerprint density at radius 3 is 2.57 bits per heavy atom. The molecule has 0 saturated carbocycles. The molecule has 0 saturated heterocycles. The molecule has 0 radical (unpaired) electrons. The van der Waals surface area contributed by atoms with E-state index < -0.39 is 12.5 Å². The summed E-state index contributed by atoms with van der Waals surface area (Å²) in [7, 11) is 0. The van der Waals surface area contributed by atoms with Gasteiger partial charge in [0.1, 0.15) is 17.3 Å². The van der Waals surface area contributed by atoms with Crippen molar-refractivity contribution in [2.75, 3.05) is 0 Å². The zero-order valence-corrected chi connectivity index (χ0v) is 14.4. The molecule has 1 N–H and O–H groups in total. The third kappa shape index (κ3) is 5.23. The van der Waals surface area contributed by atoms with Crippen molar-refractivity contribution in [3.63, 3.8) is 0 Å². The average Bonchev–Trinajstić information content (AvgIpc) is 2.68. The first kappa shape index (κ1) is 19.2. The number of nitrogens with zero attached hydrogens (tertiary/aromatic N) is 1. The highest BCUT2D eigenvalue weighted by Crippen LogP contribution is 2.22. The Balaban J connectivity index is 1.65. The van der Waals surface area contributed by atoms with Crippen molar-refractivity contribution in [2.45, 2.75) is 13.2 Å². The van der Waals surface area contributed by atoms with Gasteiger partial charge in [-0.25, -0.2) is 9.37 Å². The summed E-state index contributed by atoms with van der Waals surface area (Å²) in [6.07, 6.45) is 1.49. The van der Waals surface area contributed by atoms with Crippen molar-refractivity contribution in [2.24, 2.45) is 0 Å². The van der Waals surface area contributed by atoms with Crippen LogP contribution in [0.4, 0.5) is 13.2 Å². The van der Waals surface area contributed by atoms with Crippen LogP contribution in [-0.2, 0) is 6.54 Å². The van der Waals surface area contributed by atoms with Gasteiger partial charge in [0, 0.05) is 18.8 Å². The van der Waals surface area contributed by atoms with Crippen molar-refractivity contribution >= 4 is 5.91 Å². The maximum absolute atomic E-state index is 12.9. The fourth-order valence-corrected chi connectivity index (χ4v) is 2.37. The van der Waals surface area contributed by atoms with Gasteiger partial charge in [-0.1, -0.05) is 12.1 Å². The Kier molecular flexibility index (Phi) is 6.11. The summed E-state index contributed by atoms with van der Waals surface area (Å²) in [6, 6.07) is 14.5. The number of aromatic nitrogens is 1. The number of pyridine rings is 1. The molecule has 0 bridgehead atoms. The van der Waals surface area contributed by atoms with Gasteiger partial charge in [-0.2, -0.15) is 8.78 Å². The van der Waals surface area contributed by atoms with E-state index in [4.69, 9.17) is 4.74 Å². The fraction of sp³-hybridized carbons (Fsp3) is 0.100. The number of alkyl halides is 2. The minimum absolute atomic E-state index is 0.000332. The van der Waals surface area contributed by atoms with Crippen LogP contribution in [0.3, 0.4) is 0 Å². The van der Waals surface area contributed by atoms with Gasteiger partial charge in [-0.15, -0.1) is 0 Å². The second-order valence-corrected chi connectivity index (χ2v) is 5.62. The lowest BCUT2D eigenvalue weighted by Crippen LogP contribution is -2.23. The van der Waals surface area contributed by atoms with E-state index in [1.165, 1.54) is 48.7 Å². The molecular weight excluding hydrogens is 373 g/mol. The van der Waals surface area contributed by atoms with Gasteiger partial charge in [-0.05, 0) is 48.0 Å². The minimum atomic E-state index is -3.03. The summed E-state index contributed by atoms with van der Waals surface area (Å²) < 4.78 is 47.8. The zero-order valence-electron chi connectivity index (χ0n) is 14.4. The predicted molar refractivity (Wildman–Crippen MR) is 95.0 cm³/mol. The second kappa shape index (κ2) is 8.90. The SMILES string of the molecule is O=C(NCc1ccnc(Oc2ccc(F)cc2)c1)c1ccccc1OC(F)F. The molecule has 0 atom stereocenters. The smallest absolute Gasteiger partial charge is 0.387 e. The quantitative estimate of drug-likeness (QED) is 0.645. The van der Waals surface area contributed by atoms with Gasteiger partial charge in [-0.3, -0.25) is 4.79 Å². The summed E-state index contributed by atoms with van der Waals surface area (Å²) in [4.78, 5) is 16.4. The van der Waals surface area contributed by atoms with Crippen LogP contribution in [0.5, 0.6) is 17.4 Å². The monoisotopic (exact) mass is 388 g/mol. The van der Waals surface area contributed by atoms with Gasteiger partial charge in [0.05, 0.1) is 5.56 Å². The third-order valence-electron chi connectivity index (χ3n) is 3.64. The Labute approximate surface area is 158 Å². The highest BCUT2D eigenvalue weighted by Gasteiger charge is 2.15. The van der Waals surface area contributed by atoms with Crippen molar-refractivity contribution < 1.29 is 27.4 Å². The summed E-state index contributed by atoms with van der Waals surface area (Å²) in [5.74, 6) is -0.472. The maximum Gasteiger partial charge on any atom is 0.387 e. The summed E-state index contributed by atoms with van der Waals surface area (Å²) in [5, 5.41) is 2.63. The van der Waals surface area contributed by atoms with Crippen LogP contribution in [0, 0.1) is 5.82 Å². The molecule has 5 nitrogen and oxygen atoms in total. The predicted octanol–water partition coefficient (Wildman–Crippen LogP) is 4.54. The summed E-state index contributed by atoms with van der Waals surface area (Å²) in [6.45, 7) is -2.91. The maximum atomic E-state index is 12.9. The molecule has 8 heteroatoms. The van der Waals surface area contributed by atoms with Crippen LogP contribution in [0.1, 0.15) is 15.9 Å². The molecule has 1 heterocycles. The first-order chi connectivity index (χ1) is 13.5. The Morgan fingerprint density at radius 1 is 1.07 bits per heavy atom. The average molecular weight is 388 g/mol. The zero-order chi connectivity index (χ0) is 19.9. The van der Waals surface area contributed by atoms with E-state index in [2.05, 4.69) is 15.0 Å². The lowest BCUT2D eigenvalue weighted by molar-refractivity contribution is -0.0501. The molecule has 0 aliphatic heterocycles. The van der Waals surface area contributed by atoms with Crippen LogP contribution >= 0.6 is 0 Å². The van der Waals surface area contributed by atoms with E-state index in [-0.39, 0.29) is 29.6 Å². The van der Waals surface area contributed by atoms with E-state index in [1.54, 1.807) is 18.2 Å². The highest BCUT2D eigenvalue weighted by molar-refractivity contribution is 5.96. The molecular formula is C20H15F3N2O3. The summed E-state index contributed by atoms with van der Waals surface area (Å²) >= 11 is 0. The number of para-hydroxylation sites is 1. The Bertz CT molecular complexity index is 949. The molecule has 0 aliphatic carbocycles. The molecule has 1 amide bonds. The van der Waals surface area contributed by atoms with E-state index in [9.17, 15) is 18.0 Å². The van der Waals surface area contributed by atoms with E-state index in [1.807, 2.05) is 0 Å². The molecule has 3 rings (SSSR count). The highest BCUT2D eigenvalue weighted by atomic mass is 19.3. The number of rotatable bonds is 7. The number of nitrogens with one attached hydrogen (secondary N) is 1. The van der Waals surface area contributed by atoms with Gasteiger partial charge < -0.3 is 14.8 Å². The van der Waals surface area contributed by atoms with E-state index in [0.29, 0.717) is 11.3 Å². The number of carbonyl (C=O) groups is 1. The first-order valence-electron chi connectivity index (χ1n) is 8.21. The molecule has 0 unspecified atom stereocenters. The summed E-state index contributed by atoms with van der Waals surface area (Å²) in [5.41, 5.74) is 0.673. The van der Waals surface area contributed by atoms with Gasteiger partial charge in [0.25, 0.3) is 5.91 Å². The Morgan fingerprint density at radius 2 is 1.82 bits per heavy atom. The first-order valence-corrected chi connectivity index (χ1v) is 8.21. The standard InChI is InChI=1S/C20H15F3N2O3/c21-14-5-7-15(8-6-14)27-18-11-13(9-10-24-18)12-25-19(26)16-3-1-2-4-17(16)28-20(22)23/h1-11,20H,12H2,(H,25,26). The third-order valence-corrected chi connectivity index (χ3v) is 3.64. The van der Waals surface area contributed by atoms with Crippen LogP contribution in [0.2, 0.25) is 0 Å². The molecule has 3 aromatic rings. The second-order valence-electron chi connectivity index (χ2n) is 5.62. The lowest BCUT2D eigenvalue weighted by atomic mass is 10.2. The van der Waals surface area contributed by atoms with Crippen molar-refractivity contribution in [1.29, 1.82) is 0 Å². The van der Waals surface area contributed by atoms with Gasteiger partial charge in [0.2, 0.25) is 5.88 Å². The minimum Gasteiger partial charge on any atom is -0.439 e. The van der Waals surface area contributed by atoms with Crippen molar-refractivity contribution in [3.05, 3.63) is 83.8 Å². The number of carbonyl (C=O) groups excluding carboxylic acids is 1. The number of ether oxygens (including phenoxy) is 2. The number of benzene rings is 2. The Hall–Kier alpha value is -3.55. The number of hydrogen-bond acceptors (Lipinski definition) is 4. The molecule has 1 aromatic heterocycles. The molecule has 0 aliphatic rings. The lowest BCUT2D eigenvalue weighted by Gasteiger charge is -2.11. The number of amides is 1. The van der Waals surface area contributed by atoms with Crippen molar-refractivity contribution in [1.82, 2.24) is 10.3 Å². The molecule has 0 fully saturated rings.